The zero-order valence-electron chi connectivity index (χ0n) is 11.7. The third-order valence-electron chi connectivity index (χ3n) is 3.03. The Hall–Kier alpha value is -3.00. The number of methoxy groups -OCH3 is 1. The molecule has 0 bridgehead atoms. The SMILES string of the molecule is C=C(C(=O)OC)C(O)c1nccn1-c1ccccc1[N+](=O)[O-]. The zero-order chi connectivity index (χ0) is 16.3. The Morgan fingerprint density at radius 1 is 1.50 bits per heavy atom. The summed E-state index contributed by atoms with van der Waals surface area (Å²) < 4.78 is 5.83. The van der Waals surface area contributed by atoms with Gasteiger partial charge in [0.2, 0.25) is 0 Å². The van der Waals surface area contributed by atoms with Crippen LogP contribution in [0.3, 0.4) is 0 Å². The van der Waals surface area contributed by atoms with Crippen LogP contribution < -0.4 is 0 Å². The van der Waals surface area contributed by atoms with E-state index in [0.717, 1.165) is 7.11 Å². The zero-order valence-corrected chi connectivity index (χ0v) is 11.7. The largest absolute Gasteiger partial charge is 0.466 e. The number of esters is 1. The molecule has 0 radical (unpaired) electrons. The molecule has 1 aromatic heterocycles. The number of ether oxygens (including phenoxy) is 1. The summed E-state index contributed by atoms with van der Waals surface area (Å²) in [5, 5.41) is 21.3. The lowest BCUT2D eigenvalue weighted by molar-refractivity contribution is -0.384. The van der Waals surface area contributed by atoms with Crippen LogP contribution in [0.15, 0.2) is 48.8 Å². The molecule has 0 aliphatic rings. The van der Waals surface area contributed by atoms with Crippen LogP contribution in [0.5, 0.6) is 0 Å². The second-order valence-electron chi connectivity index (χ2n) is 4.32. The van der Waals surface area contributed by atoms with Crippen LogP contribution in [0.25, 0.3) is 5.69 Å². The minimum atomic E-state index is -1.44. The van der Waals surface area contributed by atoms with Crippen molar-refractivity contribution in [3.8, 4) is 5.69 Å². The lowest BCUT2D eigenvalue weighted by atomic mass is 10.1. The van der Waals surface area contributed by atoms with Crippen molar-refractivity contribution < 1.29 is 19.6 Å². The molecular formula is C14H13N3O5. The van der Waals surface area contributed by atoms with Crippen molar-refractivity contribution in [2.75, 3.05) is 7.11 Å². The van der Waals surface area contributed by atoms with Crippen LogP contribution in [0.1, 0.15) is 11.9 Å². The molecule has 1 heterocycles. The van der Waals surface area contributed by atoms with Gasteiger partial charge in [-0.15, -0.1) is 0 Å². The lowest BCUT2D eigenvalue weighted by Crippen LogP contribution is -2.16. The van der Waals surface area contributed by atoms with E-state index >= 15 is 0 Å². The summed E-state index contributed by atoms with van der Waals surface area (Å²) >= 11 is 0. The van der Waals surface area contributed by atoms with Crippen LogP contribution in [0.4, 0.5) is 5.69 Å². The van der Waals surface area contributed by atoms with Crippen molar-refractivity contribution in [3.63, 3.8) is 0 Å². The lowest BCUT2D eigenvalue weighted by Gasteiger charge is -2.14. The highest BCUT2D eigenvalue weighted by Gasteiger charge is 2.25. The Kier molecular flexibility index (Phi) is 4.33. The first kappa shape index (κ1) is 15.4. The Bertz CT molecular complexity index is 738. The van der Waals surface area contributed by atoms with Gasteiger partial charge in [-0.2, -0.15) is 0 Å². The van der Waals surface area contributed by atoms with Crippen LogP contribution >= 0.6 is 0 Å². The Labute approximate surface area is 125 Å². The summed E-state index contributed by atoms with van der Waals surface area (Å²) in [6, 6.07) is 5.99. The van der Waals surface area contributed by atoms with Gasteiger partial charge in [-0.25, -0.2) is 9.78 Å². The van der Waals surface area contributed by atoms with Gasteiger partial charge in [0.05, 0.1) is 17.6 Å². The highest BCUT2D eigenvalue weighted by atomic mass is 16.6. The van der Waals surface area contributed by atoms with E-state index in [4.69, 9.17) is 0 Å². The summed E-state index contributed by atoms with van der Waals surface area (Å²) in [6.07, 6.45) is 1.37. The second kappa shape index (κ2) is 6.19. The van der Waals surface area contributed by atoms with E-state index in [2.05, 4.69) is 16.3 Å². The van der Waals surface area contributed by atoms with Gasteiger partial charge >= 0.3 is 5.97 Å². The number of nitro benzene ring substituents is 1. The number of aliphatic hydroxyl groups is 1. The molecule has 0 aliphatic carbocycles. The molecule has 0 spiro atoms. The monoisotopic (exact) mass is 303 g/mol. The molecule has 1 aromatic carbocycles. The first-order valence-electron chi connectivity index (χ1n) is 6.19. The number of carbonyl (C=O) groups excluding carboxylic acids is 1. The molecule has 1 atom stereocenters. The number of imidazole rings is 1. The van der Waals surface area contributed by atoms with Crippen molar-refractivity contribution >= 4 is 11.7 Å². The summed E-state index contributed by atoms with van der Waals surface area (Å²) in [4.78, 5) is 26.0. The fourth-order valence-corrected chi connectivity index (χ4v) is 1.94. The van der Waals surface area contributed by atoms with Gasteiger partial charge in [-0.1, -0.05) is 18.7 Å². The van der Waals surface area contributed by atoms with Crippen LogP contribution in [0.2, 0.25) is 0 Å². The van der Waals surface area contributed by atoms with Crippen LogP contribution in [-0.2, 0) is 9.53 Å². The van der Waals surface area contributed by atoms with E-state index in [9.17, 15) is 20.0 Å². The summed E-state index contributed by atoms with van der Waals surface area (Å²) in [7, 11) is 1.16. The summed E-state index contributed by atoms with van der Waals surface area (Å²) in [6.45, 7) is 3.46. The second-order valence-corrected chi connectivity index (χ2v) is 4.32. The number of hydrogen-bond donors (Lipinski definition) is 1. The van der Waals surface area contributed by atoms with Crippen molar-refractivity contribution in [2.45, 2.75) is 6.10 Å². The van der Waals surface area contributed by atoms with E-state index in [1.165, 1.54) is 35.2 Å². The number of aliphatic hydroxyl groups excluding tert-OH is 1. The fourth-order valence-electron chi connectivity index (χ4n) is 1.94. The van der Waals surface area contributed by atoms with Gasteiger partial charge < -0.3 is 9.84 Å². The van der Waals surface area contributed by atoms with Crippen LogP contribution in [-0.4, -0.2) is 32.7 Å². The number of rotatable bonds is 5. The molecule has 8 heteroatoms. The molecule has 0 fully saturated rings. The van der Waals surface area contributed by atoms with E-state index in [0.29, 0.717) is 0 Å². The standard InChI is InChI=1S/C14H13N3O5/c1-9(14(19)22-2)12(18)13-15-7-8-16(13)10-5-3-4-6-11(10)17(20)21/h3-8,12,18H,1H2,2H3. The molecule has 1 N–H and O–H groups in total. The Morgan fingerprint density at radius 2 is 2.18 bits per heavy atom. The van der Waals surface area contributed by atoms with Gasteiger partial charge in [-0.05, 0) is 6.07 Å². The normalized spacial score (nSPS) is 11.7. The smallest absolute Gasteiger partial charge is 0.336 e. The van der Waals surface area contributed by atoms with Gasteiger partial charge in [0, 0.05) is 18.5 Å². The molecule has 8 nitrogen and oxygen atoms in total. The predicted octanol–water partition coefficient (Wildman–Crippen LogP) is 1.54. The molecule has 1 unspecified atom stereocenters. The summed E-state index contributed by atoms with van der Waals surface area (Å²) in [5.74, 6) is -0.755. The first-order chi connectivity index (χ1) is 10.5. The van der Waals surface area contributed by atoms with E-state index in [1.807, 2.05) is 0 Å². The molecule has 0 saturated heterocycles. The fraction of sp³-hybridized carbons (Fsp3) is 0.143. The maximum absolute atomic E-state index is 11.4. The maximum atomic E-state index is 11.4. The number of hydrogen-bond acceptors (Lipinski definition) is 6. The van der Waals surface area contributed by atoms with Crippen molar-refractivity contribution in [2.24, 2.45) is 0 Å². The molecule has 22 heavy (non-hydrogen) atoms. The highest BCUT2D eigenvalue weighted by Crippen LogP contribution is 2.27. The van der Waals surface area contributed by atoms with Gasteiger partial charge in [0.25, 0.3) is 5.69 Å². The number of carbonyl (C=O) groups is 1. The summed E-state index contributed by atoms with van der Waals surface area (Å²) in [5.41, 5.74) is -0.150. The first-order valence-corrected chi connectivity index (χ1v) is 6.19. The molecule has 2 aromatic rings. The maximum Gasteiger partial charge on any atom is 0.336 e. The van der Waals surface area contributed by atoms with Gasteiger partial charge in [0.1, 0.15) is 17.6 Å². The molecular weight excluding hydrogens is 290 g/mol. The molecule has 114 valence electrons. The molecule has 2 rings (SSSR count). The van der Waals surface area contributed by atoms with E-state index in [-0.39, 0.29) is 22.8 Å². The van der Waals surface area contributed by atoms with Crippen LogP contribution in [0, 0.1) is 10.1 Å². The average molecular weight is 303 g/mol. The number of benzene rings is 1. The number of nitrogens with zero attached hydrogens (tertiary/aromatic N) is 3. The number of para-hydroxylation sites is 2. The van der Waals surface area contributed by atoms with Crippen molar-refractivity contribution in [1.82, 2.24) is 9.55 Å². The topological polar surface area (TPSA) is 107 Å². The number of aromatic nitrogens is 2. The van der Waals surface area contributed by atoms with E-state index in [1.54, 1.807) is 6.07 Å². The molecule has 0 amide bonds. The Morgan fingerprint density at radius 3 is 2.82 bits per heavy atom. The van der Waals surface area contributed by atoms with Crippen molar-refractivity contribution in [1.29, 1.82) is 0 Å². The Balaban J connectivity index is 2.49. The van der Waals surface area contributed by atoms with Gasteiger partial charge in [0.15, 0.2) is 0 Å². The van der Waals surface area contributed by atoms with Gasteiger partial charge in [-0.3, -0.25) is 14.7 Å². The van der Waals surface area contributed by atoms with E-state index < -0.39 is 17.0 Å². The third kappa shape index (κ3) is 2.72. The minimum Gasteiger partial charge on any atom is -0.466 e. The quantitative estimate of drug-likeness (QED) is 0.388. The highest BCUT2D eigenvalue weighted by molar-refractivity contribution is 5.88. The minimum absolute atomic E-state index is 0.0321. The van der Waals surface area contributed by atoms with Crippen molar-refractivity contribution in [3.05, 3.63) is 64.7 Å². The molecule has 0 aliphatic heterocycles. The predicted molar refractivity (Wildman–Crippen MR) is 76.3 cm³/mol. The average Bonchev–Trinajstić information content (AvgIpc) is 3.01. The number of nitro groups is 1. The molecule has 0 saturated carbocycles. The third-order valence-corrected chi connectivity index (χ3v) is 3.03.